The van der Waals surface area contributed by atoms with Gasteiger partial charge >= 0.3 is 0 Å². The number of nitrogens with two attached hydrogens (primary N) is 1. The van der Waals surface area contributed by atoms with Crippen LogP contribution in [0.25, 0.3) is 0 Å². The molecule has 18 heavy (non-hydrogen) atoms. The summed E-state index contributed by atoms with van der Waals surface area (Å²) in [6, 6.07) is 4.53. The lowest BCUT2D eigenvalue weighted by Crippen LogP contribution is -2.14. The predicted octanol–water partition coefficient (Wildman–Crippen LogP) is 1.57. The number of aromatic nitrogens is 2. The molecule has 94 valence electrons. The van der Waals surface area contributed by atoms with Gasteiger partial charge < -0.3 is 16.2 Å². The second kappa shape index (κ2) is 4.40. The summed E-state index contributed by atoms with van der Waals surface area (Å²) >= 11 is 0. The highest BCUT2D eigenvalue weighted by Crippen LogP contribution is 2.21. The van der Waals surface area contributed by atoms with Crippen LogP contribution in [0.3, 0.4) is 0 Å². The summed E-state index contributed by atoms with van der Waals surface area (Å²) in [6.07, 6.45) is 0. The van der Waals surface area contributed by atoms with Gasteiger partial charge in [0.2, 0.25) is 0 Å². The molecule has 2 rings (SSSR count). The van der Waals surface area contributed by atoms with E-state index in [1.807, 2.05) is 0 Å². The number of anilines is 2. The minimum atomic E-state index is -0.314. The molecule has 2 aromatic rings. The van der Waals surface area contributed by atoms with Crippen LogP contribution in [0.2, 0.25) is 0 Å². The number of phenols is 1. The molecule has 1 heterocycles. The SMILES string of the molecule is Cc1cc(O)ccc1C(=O)Nc1n[nH]c(C)c1N. The van der Waals surface area contributed by atoms with Crippen molar-refractivity contribution in [3.63, 3.8) is 0 Å². The van der Waals surface area contributed by atoms with Crippen molar-refractivity contribution in [3.8, 4) is 5.75 Å². The highest BCUT2D eigenvalue weighted by molar-refractivity contribution is 6.06. The smallest absolute Gasteiger partial charge is 0.257 e. The van der Waals surface area contributed by atoms with E-state index in [9.17, 15) is 9.90 Å². The third-order valence-electron chi connectivity index (χ3n) is 2.68. The Morgan fingerprint density at radius 1 is 1.44 bits per heavy atom. The number of nitrogens with zero attached hydrogens (tertiary/aromatic N) is 1. The van der Waals surface area contributed by atoms with Crippen molar-refractivity contribution in [2.45, 2.75) is 13.8 Å². The predicted molar refractivity (Wildman–Crippen MR) is 68.5 cm³/mol. The molecule has 6 heteroatoms. The Kier molecular flexibility index (Phi) is 2.93. The van der Waals surface area contributed by atoms with Crippen LogP contribution < -0.4 is 11.1 Å². The fraction of sp³-hybridized carbons (Fsp3) is 0.167. The molecule has 0 unspecified atom stereocenters. The van der Waals surface area contributed by atoms with Crippen molar-refractivity contribution in [1.82, 2.24) is 10.2 Å². The number of aryl methyl sites for hydroxylation is 2. The zero-order valence-corrected chi connectivity index (χ0v) is 10.1. The lowest BCUT2D eigenvalue weighted by Gasteiger charge is -2.06. The Labute approximate surface area is 104 Å². The zero-order valence-electron chi connectivity index (χ0n) is 10.1. The van der Waals surface area contributed by atoms with Crippen LogP contribution in [0, 0.1) is 13.8 Å². The Hall–Kier alpha value is -2.50. The fourth-order valence-electron chi connectivity index (χ4n) is 1.61. The molecule has 0 saturated carbocycles. The summed E-state index contributed by atoms with van der Waals surface area (Å²) in [6.45, 7) is 3.51. The fourth-order valence-corrected chi connectivity index (χ4v) is 1.61. The van der Waals surface area contributed by atoms with Gasteiger partial charge in [0.05, 0.1) is 11.4 Å². The maximum Gasteiger partial charge on any atom is 0.257 e. The Morgan fingerprint density at radius 2 is 2.17 bits per heavy atom. The van der Waals surface area contributed by atoms with Gasteiger partial charge in [-0.2, -0.15) is 5.10 Å². The number of carbonyl (C=O) groups excluding carboxylic acids is 1. The monoisotopic (exact) mass is 246 g/mol. The average Bonchev–Trinajstić information content (AvgIpc) is 2.61. The Balaban J connectivity index is 2.25. The number of carbonyl (C=O) groups is 1. The molecular formula is C12H14N4O2. The van der Waals surface area contributed by atoms with Crippen molar-refractivity contribution in [3.05, 3.63) is 35.0 Å². The van der Waals surface area contributed by atoms with E-state index in [1.54, 1.807) is 19.9 Å². The first kappa shape index (κ1) is 12.0. The van der Waals surface area contributed by atoms with Gasteiger partial charge in [0.1, 0.15) is 5.75 Å². The first-order valence-electron chi connectivity index (χ1n) is 5.40. The molecule has 0 aliphatic heterocycles. The molecule has 1 aromatic heterocycles. The van der Waals surface area contributed by atoms with Gasteiger partial charge in [-0.15, -0.1) is 0 Å². The van der Waals surface area contributed by atoms with Crippen LogP contribution >= 0.6 is 0 Å². The molecule has 0 saturated heterocycles. The summed E-state index contributed by atoms with van der Waals surface area (Å²) < 4.78 is 0. The number of aromatic hydroxyl groups is 1. The van der Waals surface area contributed by atoms with Gasteiger partial charge in [-0.3, -0.25) is 9.89 Å². The van der Waals surface area contributed by atoms with Gasteiger partial charge in [0.25, 0.3) is 5.91 Å². The van der Waals surface area contributed by atoms with Crippen LogP contribution in [0.1, 0.15) is 21.6 Å². The van der Waals surface area contributed by atoms with Gasteiger partial charge in [-0.05, 0) is 37.6 Å². The molecule has 6 nitrogen and oxygen atoms in total. The minimum Gasteiger partial charge on any atom is -0.508 e. The van der Waals surface area contributed by atoms with Gasteiger partial charge in [-0.25, -0.2) is 0 Å². The van der Waals surface area contributed by atoms with E-state index in [0.29, 0.717) is 28.3 Å². The first-order valence-corrected chi connectivity index (χ1v) is 5.40. The number of amides is 1. The first-order chi connectivity index (χ1) is 8.49. The Bertz CT molecular complexity index is 604. The summed E-state index contributed by atoms with van der Waals surface area (Å²) in [5.41, 5.74) is 8.01. The number of benzene rings is 1. The molecule has 5 N–H and O–H groups in total. The van der Waals surface area contributed by atoms with Crippen LogP contribution in [0.4, 0.5) is 11.5 Å². The average molecular weight is 246 g/mol. The zero-order chi connectivity index (χ0) is 13.3. The lowest BCUT2D eigenvalue weighted by molar-refractivity contribution is 0.102. The van der Waals surface area contributed by atoms with Gasteiger partial charge in [0.15, 0.2) is 5.82 Å². The largest absolute Gasteiger partial charge is 0.508 e. The number of nitrogen functional groups attached to an aromatic ring is 1. The Morgan fingerprint density at radius 3 is 2.72 bits per heavy atom. The molecular weight excluding hydrogens is 232 g/mol. The standard InChI is InChI=1S/C12H14N4O2/c1-6-5-8(17)3-4-9(6)12(18)14-11-10(13)7(2)15-16-11/h3-5,17H,13H2,1-2H3,(H2,14,15,16,18). The molecule has 1 aromatic carbocycles. The maximum atomic E-state index is 12.0. The molecule has 0 radical (unpaired) electrons. The number of rotatable bonds is 2. The van der Waals surface area contributed by atoms with Crippen molar-refractivity contribution >= 4 is 17.4 Å². The summed E-state index contributed by atoms with van der Waals surface area (Å²) in [5.74, 6) is 0.120. The third kappa shape index (κ3) is 2.13. The topological polar surface area (TPSA) is 104 Å². The molecule has 0 atom stereocenters. The van der Waals surface area contributed by atoms with E-state index in [0.717, 1.165) is 0 Å². The second-order valence-corrected chi connectivity index (χ2v) is 4.06. The molecule has 0 bridgehead atoms. The highest BCUT2D eigenvalue weighted by Gasteiger charge is 2.13. The van der Waals surface area contributed by atoms with E-state index in [2.05, 4.69) is 15.5 Å². The number of phenolic OH excluding ortho intramolecular Hbond substituents is 1. The van der Waals surface area contributed by atoms with Crippen molar-refractivity contribution < 1.29 is 9.90 Å². The van der Waals surface area contributed by atoms with E-state index in [1.165, 1.54) is 12.1 Å². The van der Waals surface area contributed by atoms with Crippen LogP contribution in [0.5, 0.6) is 5.75 Å². The van der Waals surface area contributed by atoms with Crippen molar-refractivity contribution in [1.29, 1.82) is 0 Å². The normalized spacial score (nSPS) is 10.3. The molecule has 0 spiro atoms. The molecule has 0 fully saturated rings. The van der Waals surface area contributed by atoms with Crippen molar-refractivity contribution in [2.75, 3.05) is 11.1 Å². The lowest BCUT2D eigenvalue weighted by atomic mass is 10.1. The van der Waals surface area contributed by atoms with E-state index in [4.69, 9.17) is 5.73 Å². The molecule has 0 aliphatic carbocycles. The number of nitrogens with one attached hydrogen (secondary N) is 2. The summed E-state index contributed by atoms with van der Waals surface area (Å²) in [4.78, 5) is 12.0. The van der Waals surface area contributed by atoms with E-state index < -0.39 is 0 Å². The highest BCUT2D eigenvalue weighted by atomic mass is 16.3. The number of hydrogen-bond donors (Lipinski definition) is 4. The van der Waals surface area contributed by atoms with E-state index in [-0.39, 0.29) is 11.7 Å². The summed E-state index contributed by atoms with van der Waals surface area (Å²) in [5, 5.41) is 18.5. The quantitative estimate of drug-likeness (QED) is 0.645. The van der Waals surface area contributed by atoms with Gasteiger partial charge in [-0.1, -0.05) is 0 Å². The maximum absolute atomic E-state index is 12.0. The van der Waals surface area contributed by atoms with Crippen molar-refractivity contribution in [2.24, 2.45) is 0 Å². The van der Waals surface area contributed by atoms with Crippen LogP contribution in [0.15, 0.2) is 18.2 Å². The number of H-pyrrole nitrogens is 1. The summed E-state index contributed by atoms with van der Waals surface area (Å²) in [7, 11) is 0. The van der Waals surface area contributed by atoms with Crippen LogP contribution in [-0.2, 0) is 0 Å². The third-order valence-corrected chi connectivity index (χ3v) is 2.68. The van der Waals surface area contributed by atoms with Crippen LogP contribution in [-0.4, -0.2) is 21.2 Å². The number of hydrogen-bond acceptors (Lipinski definition) is 4. The van der Waals surface area contributed by atoms with E-state index >= 15 is 0 Å². The number of aromatic amines is 1. The molecule has 1 amide bonds. The minimum absolute atomic E-state index is 0.124. The van der Waals surface area contributed by atoms with Gasteiger partial charge in [0, 0.05) is 5.56 Å². The molecule has 0 aliphatic rings. The second-order valence-electron chi connectivity index (χ2n) is 4.06.